The number of halogens is 2. The van der Waals surface area contributed by atoms with E-state index >= 15 is 0 Å². The largest absolute Gasteiger partial charge is 0.376 e. The highest BCUT2D eigenvalue weighted by Gasteiger charge is 2.17. The van der Waals surface area contributed by atoms with Crippen LogP contribution >= 0.6 is 27.5 Å². The predicted octanol–water partition coefficient (Wildman–Crippen LogP) is 3.72. The van der Waals surface area contributed by atoms with Crippen LogP contribution in [0.2, 0.25) is 5.02 Å². The molecule has 1 aromatic heterocycles. The zero-order valence-electron chi connectivity index (χ0n) is 8.46. The monoisotopic (exact) mass is 297 g/mol. The summed E-state index contributed by atoms with van der Waals surface area (Å²) in [6.45, 7) is 1.31. The Hall–Kier alpha value is -0.640. The maximum atomic E-state index is 6.39. The highest BCUT2D eigenvalue weighted by Crippen LogP contribution is 2.32. The van der Waals surface area contributed by atoms with E-state index in [-0.39, 0.29) is 0 Å². The van der Waals surface area contributed by atoms with Gasteiger partial charge in [-0.25, -0.2) is 0 Å². The molecule has 1 aliphatic rings. The van der Waals surface area contributed by atoms with Crippen LogP contribution in [-0.2, 0) is 17.8 Å². The Balaban J connectivity index is 2.35. The first-order valence-corrected chi connectivity index (χ1v) is 6.27. The van der Waals surface area contributed by atoms with Crippen molar-refractivity contribution in [3.8, 4) is 0 Å². The smallest absolute Gasteiger partial charge is 0.0749 e. The van der Waals surface area contributed by atoms with E-state index in [1.165, 1.54) is 0 Å². The number of aromatic nitrogens is 1. The fourth-order valence-electron chi connectivity index (χ4n) is 1.98. The van der Waals surface area contributed by atoms with Gasteiger partial charge in [-0.15, -0.1) is 0 Å². The number of nitrogens with zero attached hydrogens (tertiary/aromatic N) is 1. The molecular formula is C12H9BrClNO. The molecule has 1 aliphatic heterocycles. The van der Waals surface area contributed by atoms with Gasteiger partial charge in [0, 0.05) is 21.8 Å². The number of ether oxygens (including phenoxy) is 1. The predicted molar refractivity (Wildman–Crippen MR) is 67.8 cm³/mol. The van der Waals surface area contributed by atoms with Gasteiger partial charge in [-0.1, -0.05) is 27.5 Å². The summed E-state index contributed by atoms with van der Waals surface area (Å²) in [5.74, 6) is 0. The fraction of sp³-hybridized carbons (Fsp3) is 0.250. The van der Waals surface area contributed by atoms with Gasteiger partial charge in [0.2, 0.25) is 0 Å². The van der Waals surface area contributed by atoms with Crippen LogP contribution in [0.3, 0.4) is 0 Å². The zero-order valence-corrected chi connectivity index (χ0v) is 10.8. The lowest BCUT2D eigenvalue weighted by Crippen LogP contribution is -2.12. The van der Waals surface area contributed by atoms with Gasteiger partial charge in [0.15, 0.2) is 0 Å². The summed E-state index contributed by atoms with van der Waals surface area (Å²) in [6.07, 6.45) is 0.848. The van der Waals surface area contributed by atoms with Gasteiger partial charge in [-0.2, -0.15) is 0 Å². The fourth-order valence-corrected chi connectivity index (χ4v) is 2.66. The second-order valence-corrected chi connectivity index (χ2v) is 5.11. The number of fused-ring (bicyclic) bond motifs is 2. The van der Waals surface area contributed by atoms with E-state index in [2.05, 4.69) is 20.9 Å². The van der Waals surface area contributed by atoms with E-state index in [0.29, 0.717) is 6.61 Å². The lowest BCUT2D eigenvalue weighted by Gasteiger charge is -2.18. The summed E-state index contributed by atoms with van der Waals surface area (Å²) >= 11 is 9.84. The first-order valence-electron chi connectivity index (χ1n) is 5.10. The second-order valence-electron chi connectivity index (χ2n) is 3.82. The standard InChI is InChI=1S/C12H9BrClNO/c13-7-1-2-10-8(5-7)12(14)9-6-16-4-3-11(9)15-10/h1-2,5H,3-4,6H2. The van der Waals surface area contributed by atoms with Gasteiger partial charge in [0.1, 0.15) is 0 Å². The minimum atomic E-state index is 0.573. The molecule has 0 unspecified atom stereocenters. The molecule has 0 radical (unpaired) electrons. The highest BCUT2D eigenvalue weighted by atomic mass is 79.9. The molecule has 0 spiro atoms. The summed E-state index contributed by atoms with van der Waals surface area (Å²) in [6, 6.07) is 5.97. The molecule has 0 N–H and O–H groups in total. The van der Waals surface area contributed by atoms with Gasteiger partial charge in [-0.05, 0) is 18.2 Å². The normalized spacial score (nSPS) is 15.1. The van der Waals surface area contributed by atoms with Crippen molar-refractivity contribution in [3.63, 3.8) is 0 Å². The summed E-state index contributed by atoms with van der Waals surface area (Å²) in [4.78, 5) is 4.63. The van der Waals surface area contributed by atoms with E-state index < -0.39 is 0 Å². The van der Waals surface area contributed by atoms with Crippen LogP contribution in [-0.4, -0.2) is 11.6 Å². The summed E-state index contributed by atoms with van der Waals surface area (Å²) in [5.41, 5.74) is 3.07. The van der Waals surface area contributed by atoms with E-state index in [1.807, 2.05) is 18.2 Å². The maximum Gasteiger partial charge on any atom is 0.0749 e. The summed E-state index contributed by atoms with van der Waals surface area (Å²) < 4.78 is 6.43. The maximum absolute atomic E-state index is 6.39. The second kappa shape index (κ2) is 3.99. The van der Waals surface area contributed by atoms with Gasteiger partial charge in [-0.3, -0.25) is 4.98 Å². The lowest BCUT2D eigenvalue weighted by atomic mass is 10.1. The third kappa shape index (κ3) is 1.63. The highest BCUT2D eigenvalue weighted by molar-refractivity contribution is 9.10. The number of rotatable bonds is 0. The zero-order chi connectivity index (χ0) is 11.1. The van der Waals surface area contributed by atoms with Crippen molar-refractivity contribution in [3.05, 3.63) is 39.0 Å². The Labute approximate surface area is 107 Å². The van der Waals surface area contributed by atoms with Gasteiger partial charge >= 0.3 is 0 Å². The SMILES string of the molecule is Clc1c2c(nc3ccc(Br)cc13)CCOC2. The average molecular weight is 299 g/mol. The van der Waals surface area contributed by atoms with Crippen LogP contribution in [0, 0.1) is 0 Å². The van der Waals surface area contributed by atoms with Crippen LogP contribution in [0.4, 0.5) is 0 Å². The Kier molecular flexibility index (Phi) is 2.62. The molecule has 0 amide bonds. The summed E-state index contributed by atoms with van der Waals surface area (Å²) in [5, 5.41) is 1.77. The lowest BCUT2D eigenvalue weighted by molar-refractivity contribution is 0.109. The van der Waals surface area contributed by atoms with E-state index in [0.717, 1.165) is 44.7 Å². The Bertz CT molecular complexity index is 570. The minimum absolute atomic E-state index is 0.573. The van der Waals surface area contributed by atoms with Crippen molar-refractivity contribution in [2.45, 2.75) is 13.0 Å². The molecule has 82 valence electrons. The molecular weight excluding hydrogens is 289 g/mol. The molecule has 0 saturated heterocycles. The number of hydrogen-bond acceptors (Lipinski definition) is 2. The van der Waals surface area contributed by atoms with E-state index in [9.17, 15) is 0 Å². The topological polar surface area (TPSA) is 22.1 Å². The average Bonchev–Trinajstić information content (AvgIpc) is 2.31. The Morgan fingerprint density at radius 1 is 1.38 bits per heavy atom. The van der Waals surface area contributed by atoms with Crippen LogP contribution in [0.1, 0.15) is 11.3 Å². The van der Waals surface area contributed by atoms with E-state index in [4.69, 9.17) is 16.3 Å². The van der Waals surface area contributed by atoms with E-state index in [1.54, 1.807) is 0 Å². The number of pyridine rings is 1. The third-order valence-corrected chi connectivity index (χ3v) is 3.72. The van der Waals surface area contributed by atoms with Crippen LogP contribution in [0.25, 0.3) is 10.9 Å². The molecule has 0 bridgehead atoms. The molecule has 2 heterocycles. The molecule has 1 aromatic carbocycles. The third-order valence-electron chi connectivity index (χ3n) is 2.79. The summed E-state index contributed by atoms with van der Waals surface area (Å²) in [7, 11) is 0. The number of hydrogen-bond donors (Lipinski definition) is 0. The van der Waals surface area contributed by atoms with Crippen molar-refractivity contribution in [2.24, 2.45) is 0 Å². The molecule has 0 atom stereocenters. The first kappa shape index (κ1) is 10.5. The first-order chi connectivity index (χ1) is 7.75. The quantitative estimate of drug-likeness (QED) is 0.739. The van der Waals surface area contributed by atoms with Crippen molar-refractivity contribution < 1.29 is 4.74 Å². The molecule has 16 heavy (non-hydrogen) atoms. The van der Waals surface area contributed by atoms with Crippen molar-refractivity contribution in [1.82, 2.24) is 4.98 Å². The molecule has 4 heteroatoms. The molecule has 2 nitrogen and oxygen atoms in total. The Morgan fingerprint density at radius 2 is 2.25 bits per heavy atom. The van der Waals surface area contributed by atoms with Gasteiger partial charge < -0.3 is 4.74 Å². The number of benzene rings is 1. The Morgan fingerprint density at radius 3 is 3.12 bits per heavy atom. The van der Waals surface area contributed by atoms with Crippen molar-refractivity contribution in [1.29, 1.82) is 0 Å². The van der Waals surface area contributed by atoms with Crippen molar-refractivity contribution >= 4 is 38.4 Å². The van der Waals surface area contributed by atoms with Crippen LogP contribution in [0.5, 0.6) is 0 Å². The van der Waals surface area contributed by atoms with Crippen LogP contribution < -0.4 is 0 Å². The molecule has 0 fully saturated rings. The molecule has 2 aromatic rings. The van der Waals surface area contributed by atoms with Crippen LogP contribution in [0.15, 0.2) is 22.7 Å². The molecule has 3 rings (SSSR count). The molecule has 0 saturated carbocycles. The van der Waals surface area contributed by atoms with Gasteiger partial charge in [0.05, 0.1) is 29.4 Å². The van der Waals surface area contributed by atoms with Crippen molar-refractivity contribution in [2.75, 3.05) is 6.61 Å². The molecule has 0 aliphatic carbocycles. The minimum Gasteiger partial charge on any atom is -0.376 e. The van der Waals surface area contributed by atoms with Gasteiger partial charge in [0.25, 0.3) is 0 Å².